The third-order valence-corrected chi connectivity index (χ3v) is 4.08. The minimum atomic E-state index is -0.247. The summed E-state index contributed by atoms with van der Waals surface area (Å²) in [6.45, 7) is 0. The molecule has 0 saturated carbocycles. The van der Waals surface area contributed by atoms with Gasteiger partial charge in [0.05, 0.1) is 0 Å². The molecule has 0 amide bonds. The number of nitrogens with two attached hydrogens (primary N) is 1. The van der Waals surface area contributed by atoms with Gasteiger partial charge in [-0.3, -0.25) is 4.79 Å². The second kappa shape index (κ2) is 4.43. The molecule has 2 N–H and O–H groups in total. The van der Waals surface area contributed by atoms with Gasteiger partial charge in [-0.1, -0.05) is 30.3 Å². The maximum Gasteiger partial charge on any atom is 0.247 e. The second-order valence-electron chi connectivity index (χ2n) is 4.71. The number of nitrogen functional groups attached to an aromatic ring is 1. The van der Waals surface area contributed by atoms with E-state index in [9.17, 15) is 4.79 Å². The topological polar surface area (TPSA) is 69.1 Å². The van der Waals surface area contributed by atoms with Gasteiger partial charge in [0.1, 0.15) is 11.3 Å². The molecular weight excluding hydrogens is 284 g/mol. The first-order valence-electron chi connectivity index (χ1n) is 6.39. The molecule has 0 atom stereocenters. The fourth-order valence-electron chi connectivity index (χ4n) is 2.42. The Morgan fingerprint density at radius 2 is 2.00 bits per heavy atom. The first-order chi connectivity index (χ1) is 10.2. The predicted octanol–water partition coefficient (Wildman–Crippen LogP) is 3.86. The SMILES string of the molecule is Nc1nc(C(=O)c2cc3c(ccc4ccccc43)o2)cs1. The Morgan fingerprint density at radius 3 is 2.81 bits per heavy atom. The zero-order chi connectivity index (χ0) is 14.4. The summed E-state index contributed by atoms with van der Waals surface area (Å²) < 4.78 is 5.68. The van der Waals surface area contributed by atoms with Gasteiger partial charge in [0.25, 0.3) is 0 Å². The summed E-state index contributed by atoms with van der Waals surface area (Å²) in [7, 11) is 0. The summed E-state index contributed by atoms with van der Waals surface area (Å²) in [6, 6.07) is 13.6. The van der Waals surface area contributed by atoms with Crippen molar-refractivity contribution in [2.24, 2.45) is 0 Å². The van der Waals surface area contributed by atoms with E-state index in [-0.39, 0.29) is 11.5 Å². The van der Waals surface area contributed by atoms with Gasteiger partial charge in [-0.15, -0.1) is 11.3 Å². The maximum atomic E-state index is 12.4. The molecule has 21 heavy (non-hydrogen) atoms. The number of hydrogen-bond donors (Lipinski definition) is 1. The molecule has 0 unspecified atom stereocenters. The Labute approximate surface area is 123 Å². The van der Waals surface area contributed by atoms with Crippen molar-refractivity contribution in [1.82, 2.24) is 4.98 Å². The van der Waals surface area contributed by atoms with Crippen molar-refractivity contribution < 1.29 is 9.21 Å². The van der Waals surface area contributed by atoms with Crippen LogP contribution in [0.3, 0.4) is 0 Å². The predicted molar refractivity (Wildman–Crippen MR) is 83.7 cm³/mol. The smallest absolute Gasteiger partial charge is 0.247 e. The number of furan rings is 1. The molecule has 2 aromatic carbocycles. The minimum absolute atomic E-state index is 0.247. The van der Waals surface area contributed by atoms with Crippen LogP contribution in [0.15, 0.2) is 52.3 Å². The number of ketones is 1. The number of carbonyl (C=O) groups is 1. The maximum absolute atomic E-state index is 12.4. The molecule has 4 rings (SSSR count). The Kier molecular flexibility index (Phi) is 2.55. The van der Waals surface area contributed by atoms with E-state index in [1.165, 1.54) is 11.3 Å². The van der Waals surface area contributed by atoms with Crippen LogP contribution in [0.25, 0.3) is 21.7 Å². The highest BCUT2D eigenvalue weighted by Gasteiger charge is 2.18. The van der Waals surface area contributed by atoms with E-state index in [4.69, 9.17) is 10.2 Å². The lowest BCUT2D eigenvalue weighted by Crippen LogP contribution is -2.00. The van der Waals surface area contributed by atoms with Gasteiger partial charge in [-0.05, 0) is 22.9 Å². The number of thiazole rings is 1. The normalized spacial score (nSPS) is 11.2. The summed E-state index contributed by atoms with van der Waals surface area (Å²) in [5, 5.41) is 5.13. The van der Waals surface area contributed by atoms with Crippen molar-refractivity contribution in [2.45, 2.75) is 0 Å². The molecule has 2 aromatic heterocycles. The van der Waals surface area contributed by atoms with Crippen molar-refractivity contribution in [3.05, 3.63) is 59.3 Å². The zero-order valence-corrected chi connectivity index (χ0v) is 11.7. The summed E-state index contributed by atoms with van der Waals surface area (Å²) in [5.41, 5.74) is 6.58. The van der Waals surface area contributed by atoms with Gasteiger partial charge >= 0.3 is 0 Å². The summed E-state index contributed by atoms with van der Waals surface area (Å²) >= 11 is 1.24. The molecule has 0 bridgehead atoms. The van der Waals surface area contributed by atoms with Crippen molar-refractivity contribution in [1.29, 1.82) is 0 Å². The molecule has 4 nitrogen and oxygen atoms in total. The quantitative estimate of drug-likeness (QED) is 0.570. The average Bonchev–Trinajstić information content (AvgIpc) is 3.12. The molecular formula is C16H10N2O2S. The Balaban J connectivity index is 1.91. The number of aromatic nitrogens is 1. The molecule has 0 saturated heterocycles. The Morgan fingerprint density at radius 1 is 1.14 bits per heavy atom. The van der Waals surface area contributed by atoms with Gasteiger partial charge < -0.3 is 10.2 Å². The molecule has 0 spiro atoms. The van der Waals surface area contributed by atoms with E-state index in [1.54, 1.807) is 11.4 Å². The number of rotatable bonds is 2. The molecule has 0 fully saturated rings. The van der Waals surface area contributed by atoms with E-state index in [0.29, 0.717) is 16.4 Å². The van der Waals surface area contributed by atoms with Crippen LogP contribution in [0.1, 0.15) is 16.2 Å². The van der Waals surface area contributed by atoms with Crippen molar-refractivity contribution in [3.8, 4) is 0 Å². The zero-order valence-electron chi connectivity index (χ0n) is 10.9. The van der Waals surface area contributed by atoms with Crippen LogP contribution < -0.4 is 5.73 Å². The van der Waals surface area contributed by atoms with Crippen LogP contribution in [-0.2, 0) is 0 Å². The largest absolute Gasteiger partial charge is 0.452 e. The standard InChI is InChI=1S/C16H10N2O2S/c17-16-18-12(8-21-16)15(19)14-7-11-10-4-2-1-3-9(10)5-6-13(11)20-14/h1-8H,(H2,17,18). The number of anilines is 1. The molecule has 4 aromatic rings. The number of hydrogen-bond acceptors (Lipinski definition) is 5. The summed E-state index contributed by atoms with van der Waals surface area (Å²) in [6.07, 6.45) is 0. The number of nitrogens with zero attached hydrogens (tertiary/aromatic N) is 1. The lowest BCUT2D eigenvalue weighted by molar-refractivity contribution is 0.101. The molecule has 5 heteroatoms. The molecule has 0 aliphatic heterocycles. The van der Waals surface area contributed by atoms with Crippen molar-refractivity contribution in [2.75, 3.05) is 5.73 Å². The van der Waals surface area contributed by atoms with E-state index in [1.807, 2.05) is 36.4 Å². The molecule has 0 radical (unpaired) electrons. The fourth-order valence-corrected chi connectivity index (χ4v) is 2.97. The van der Waals surface area contributed by atoms with Gasteiger partial charge in [0.2, 0.25) is 5.78 Å². The highest BCUT2D eigenvalue weighted by Crippen LogP contribution is 2.29. The Hall–Kier alpha value is -2.66. The van der Waals surface area contributed by atoms with Gasteiger partial charge in [-0.25, -0.2) is 4.98 Å². The minimum Gasteiger partial charge on any atom is -0.452 e. The monoisotopic (exact) mass is 294 g/mol. The van der Waals surface area contributed by atoms with Gasteiger partial charge in [-0.2, -0.15) is 0 Å². The molecule has 2 heterocycles. The van der Waals surface area contributed by atoms with E-state index < -0.39 is 0 Å². The van der Waals surface area contributed by atoms with Crippen LogP contribution in [0.4, 0.5) is 5.13 Å². The lowest BCUT2D eigenvalue weighted by atomic mass is 10.1. The van der Waals surface area contributed by atoms with Crippen LogP contribution in [-0.4, -0.2) is 10.8 Å². The molecule has 0 aliphatic carbocycles. The van der Waals surface area contributed by atoms with Gasteiger partial charge in [0, 0.05) is 10.8 Å². The first-order valence-corrected chi connectivity index (χ1v) is 7.27. The lowest BCUT2D eigenvalue weighted by Gasteiger charge is -1.96. The summed E-state index contributed by atoms with van der Waals surface area (Å²) in [5.74, 6) is 0.0369. The third-order valence-electron chi connectivity index (χ3n) is 3.40. The fraction of sp³-hybridized carbons (Fsp3) is 0. The van der Waals surface area contributed by atoms with Crippen molar-refractivity contribution in [3.63, 3.8) is 0 Å². The van der Waals surface area contributed by atoms with E-state index in [2.05, 4.69) is 4.98 Å². The molecule has 102 valence electrons. The van der Waals surface area contributed by atoms with Crippen LogP contribution in [0.2, 0.25) is 0 Å². The second-order valence-corrected chi connectivity index (χ2v) is 5.60. The van der Waals surface area contributed by atoms with Crippen LogP contribution in [0.5, 0.6) is 0 Å². The van der Waals surface area contributed by atoms with E-state index in [0.717, 1.165) is 16.2 Å². The third kappa shape index (κ3) is 1.90. The number of carbonyl (C=O) groups excluding carboxylic acids is 1. The molecule has 0 aliphatic rings. The van der Waals surface area contributed by atoms with Crippen molar-refractivity contribution >= 4 is 44.0 Å². The first kappa shape index (κ1) is 12.1. The number of benzene rings is 2. The average molecular weight is 294 g/mol. The van der Waals surface area contributed by atoms with Gasteiger partial charge in [0.15, 0.2) is 10.9 Å². The van der Waals surface area contributed by atoms with Crippen LogP contribution in [0, 0.1) is 0 Å². The Bertz CT molecular complexity index is 984. The highest BCUT2D eigenvalue weighted by molar-refractivity contribution is 7.13. The van der Waals surface area contributed by atoms with E-state index >= 15 is 0 Å². The summed E-state index contributed by atoms with van der Waals surface area (Å²) in [4.78, 5) is 16.4. The van der Waals surface area contributed by atoms with Crippen LogP contribution >= 0.6 is 11.3 Å². The highest BCUT2D eigenvalue weighted by atomic mass is 32.1. The number of fused-ring (bicyclic) bond motifs is 3.